The van der Waals surface area contributed by atoms with E-state index >= 15 is 0 Å². The van der Waals surface area contributed by atoms with Crippen LogP contribution in [-0.2, 0) is 0 Å². The molecule has 4 N–H and O–H groups in total. The zero-order chi connectivity index (χ0) is 17.8. The molecular weight excluding hydrogens is 304 g/mol. The summed E-state index contributed by atoms with van der Waals surface area (Å²) in [5.41, 5.74) is 0. The molecule has 2 aliphatic carbocycles. The van der Waals surface area contributed by atoms with E-state index in [9.17, 15) is 15.3 Å². The fourth-order valence-corrected chi connectivity index (χ4v) is 4.19. The van der Waals surface area contributed by atoms with Crippen molar-refractivity contribution in [3.63, 3.8) is 0 Å². The van der Waals surface area contributed by atoms with Crippen molar-refractivity contribution in [2.24, 2.45) is 11.8 Å². The Hall–Kier alpha value is -0.160. The van der Waals surface area contributed by atoms with E-state index in [0.717, 1.165) is 51.4 Å². The molecule has 5 unspecified atom stereocenters. The van der Waals surface area contributed by atoms with Gasteiger partial charge in [0.2, 0.25) is 0 Å². The Bertz CT molecular complexity index is 279. The summed E-state index contributed by atoms with van der Waals surface area (Å²) in [5.74, 6) is 0.810. The molecule has 5 atom stereocenters. The lowest BCUT2D eigenvalue weighted by molar-refractivity contribution is -0.0608. The highest BCUT2D eigenvalue weighted by molar-refractivity contribution is 4.89. The second kappa shape index (κ2) is 13.1. The number of aliphatic hydroxyl groups excluding tert-OH is 4. The van der Waals surface area contributed by atoms with E-state index in [1.54, 1.807) is 0 Å². The Kier molecular flexibility index (Phi) is 11.9. The minimum Gasteiger partial charge on any atom is -0.396 e. The molecule has 0 spiro atoms. The van der Waals surface area contributed by atoms with E-state index < -0.39 is 0 Å². The van der Waals surface area contributed by atoms with Crippen LogP contribution >= 0.6 is 0 Å². The van der Waals surface area contributed by atoms with Gasteiger partial charge >= 0.3 is 0 Å². The molecule has 2 aliphatic rings. The van der Waals surface area contributed by atoms with Crippen LogP contribution in [-0.4, -0.2) is 45.3 Å². The number of hydrogen-bond acceptors (Lipinski definition) is 4. The van der Waals surface area contributed by atoms with E-state index in [1.165, 1.54) is 32.1 Å². The van der Waals surface area contributed by atoms with E-state index in [4.69, 9.17) is 5.11 Å². The van der Waals surface area contributed by atoms with Crippen molar-refractivity contribution in [3.05, 3.63) is 0 Å². The molecule has 2 rings (SSSR count). The fraction of sp³-hybridized carbons (Fsp3) is 1.00. The Morgan fingerprint density at radius 1 is 0.792 bits per heavy atom. The summed E-state index contributed by atoms with van der Waals surface area (Å²) in [4.78, 5) is 0. The fourth-order valence-electron chi connectivity index (χ4n) is 4.19. The Labute approximate surface area is 148 Å². The zero-order valence-corrected chi connectivity index (χ0v) is 15.6. The highest BCUT2D eigenvalue weighted by Crippen LogP contribution is 2.40. The zero-order valence-electron chi connectivity index (χ0n) is 15.6. The van der Waals surface area contributed by atoms with E-state index in [2.05, 4.69) is 6.92 Å². The van der Waals surface area contributed by atoms with E-state index in [-0.39, 0.29) is 24.9 Å². The predicted molar refractivity (Wildman–Crippen MR) is 97.8 cm³/mol. The van der Waals surface area contributed by atoms with Gasteiger partial charge in [-0.25, -0.2) is 0 Å². The monoisotopic (exact) mass is 344 g/mol. The van der Waals surface area contributed by atoms with Gasteiger partial charge in [-0.1, -0.05) is 45.4 Å². The highest BCUT2D eigenvalue weighted by Gasteiger charge is 2.38. The Balaban J connectivity index is 0.000000240. The third-order valence-electron chi connectivity index (χ3n) is 5.71. The SMILES string of the molecule is CCCCCCC(O)CCCO.OC1CCC(O)C2CCCCC12. The lowest BCUT2D eigenvalue weighted by atomic mass is 9.68. The number of fused-ring (bicyclic) bond motifs is 1. The van der Waals surface area contributed by atoms with Gasteiger partial charge in [-0.3, -0.25) is 0 Å². The molecule has 24 heavy (non-hydrogen) atoms. The van der Waals surface area contributed by atoms with Crippen LogP contribution in [0, 0.1) is 11.8 Å². The highest BCUT2D eigenvalue weighted by atomic mass is 16.3. The topological polar surface area (TPSA) is 80.9 Å². The Morgan fingerprint density at radius 2 is 1.33 bits per heavy atom. The van der Waals surface area contributed by atoms with Gasteiger partial charge in [0.15, 0.2) is 0 Å². The molecule has 4 nitrogen and oxygen atoms in total. The van der Waals surface area contributed by atoms with Crippen LogP contribution in [0.2, 0.25) is 0 Å². The molecule has 2 saturated carbocycles. The molecule has 0 aliphatic heterocycles. The first-order valence-corrected chi connectivity index (χ1v) is 10.2. The summed E-state index contributed by atoms with van der Waals surface area (Å²) in [7, 11) is 0. The number of unbranched alkanes of at least 4 members (excludes halogenated alkanes) is 3. The number of rotatable bonds is 8. The maximum Gasteiger partial charge on any atom is 0.0573 e. The lowest BCUT2D eigenvalue weighted by Gasteiger charge is -2.41. The molecule has 0 aromatic rings. The molecule has 0 aromatic carbocycles. The maximum absolute atomic E-state index is 9.71. The quantitative estimate of drug-likeness (QED) is 0.509. The van der Waals surface area contributed by atoms with Gasteiger partial charge in [0.05, 0.1) is 18.3 Å². The largest absolute Gasteiger partial charge is 0.396 e. The maximum atomic E-state index is 9.71. The smallest absolute Gasteiger partial charge is 0.0573 e. The van der Waals surface area contributed by atoms with Crippen molar-refractivity contribution in [1.82, 2.24) is 0 Å². The first-order chi connectivity index (χ1) is 11.6. The summed E-state index contributed by atoms with van der Waals surface area (Å²) in [6, 6.07) is 0. The van der Waals surface area contributed by atoms with Gasteiger partial charge in [-0.15, -0.1) is 0 Å². The normalized spacial score (nSPS) is 30.9. The van der Waals surface area contributed by atoms with Crippen LogP contribution in [0.3, 0.4) is 0 Å². The molecule has 0 aromatic heterocycles. The molecule has 144 valence electrons. The molecule has 0 heterocycles. The van der Waals surface area contributed by atoms with Crippen LogP contribution in [0.15, 0.2) is 0 Å². The molecule has 0 saturated heterocycles. The summed E-state index contributed by atoms with van der Waals surface area (Å²) in [6.07, 6.45) is 13.2. The minimum atomic E-state index is -0.186. The van der Waals surface area contributed by atoms with Crippen LogP contribution in [0.1, 0.15) is 90.4 Å². The summed E-state index contributed by atoms with van der Waals surface area (Å²) < 4.78 is 0. The van der Waals surface area contributed by atoms with Crippen LogP contribution in [0.5, 0.6) is 0 Å². The van der Waals surface area contributed by atoms with Crippen molar-refractivity contribution in [3.8, 4) is 0 Å². The van der Waals surface area contributed by atoms with Crippen molar-refractivity contribution in [2.75, 3.05) is 6.61 Å². The number of aliphatic hydroxyl groups is 4. The molecule has 0 amide bonds. The van der Waals surface area contributed by atoms with Gasteiger partial charge in [0.25, 0.3) is 0 Å². The Morgan fingerprint density at radius 3 is 1.83 bits per heavy atom. The first-order valence-electron chi connectivity index (χ1n) is 10.2. The number of hydrogen-bond donors (Lipinski definition) is 4. The van der Waals surface area contributed by atoms with Crippen molar-refractivity contribution >= 4 is 0 Å². The van der Waals surface area contributed by atoms with Crippen molar-refractivity contribution < 1.29 is 20.4 Å². The summed E-state index contributed by atoms with van der Waals surface area (Å²) >= 11 is 0. The summed E-state index contributed by atoms with van der Waals surface area (Å²) in [5, 5.41) is 37.3. The lowest BCUT2D eigenvalue weighted by Crippen LogP contribution is -2.42. The van der Waals surface area contributed by atoms with Crippen molar-refractivity contribution in [2.45, 2.75) is 109 Å². The van der Waals surface area contributed by atoms with Crippen LogP contribution < -0.4 is 0 Å². The van der Waals surface area contributed by atoms with Crippen molar-refractivity contribution in [1.29, 1.82) is 0 Å². The van der Waals surface area contributed by atoms with Gasteiger partial charge in [0.1, 0.15) is 0 Å². The van der Waals surface area contributed by atoms with Gasteiger partial charge in [-0.05, 0) is 56.8 Å². The molecule has 0 radical (unpaired) electrons. The third kappa shape index (κ3) is 8.28. The second-order valence-electron chi connectivity index (χ2n) is 7.69. The molecular formula is C20H40O4. The second-order valence-corrected chi connectivity index (χ2v) is 7.69. The predicted octanol–water partition coefficient (Wildman–Crippen LogP) is 3.40. The molecule has 4 heteroatoms. The average Bonchev–Trinajstić information content (AvgIpc) is 2.61. The van der Waals surface area contributed by atoms with E-state index in [0.29, 0.717) is 11.8 Å². The standard InChI is InChI=1S/C10H18O2.C10H22O2/c11-9-5-6-10(12)8-4-2-1-3-7(8)9;1-2-3-4-5-7-10(12)8-6-9-11/h7-12H,1-6H2;10-12H,2-9H2,1H3. The van der Waals surface area contributed by atoms with E-state index in [1.807, 2.05) is 0 Å². The average molecular weight is 345 g/mol. The van der Waals surface area contributed by atoms with Gasteiger partial charge in [-0.2, -0.15) is 0 Å². The molecule has 2 fully saturated rings. The minimum absolute atomic E-state index is 0.126. The van der Waals surface area contributed by atoms with Crippen LogP contribution in [0.4, 0.5) is 0 Å². The van der Waals surface area contributed by atoms with Crippen LogP contribution in [0.25, 0.3) is 0 Å². The van der Waals surface area contributed by atoms with Gasteiger partial charge < -0.3 is 20.4 Å². The summed E-state index contributed by atoms with van der Waals surface area (Å²) in [6.45, 7) is 2.38. The third-order valence-corrected chi connectivity index (χ3v) is 5.71. The molecule has 0 bridgehead atoms. The first kappa shape index (κ1) is 21.9. The van der Waals surface area contributed by atoms with Gasteiger partial charge in [0, 0.05) is 6.61 Å².